The van der Waals surface area contributed by atoms with E-state index >= 15 is 0 Å². The monoisotopic (exact) mass is 326 g/mol. The lowest BCUT2D eigenvalue weighted by Gasteiger charge is -2.23. The molecule has 0 spiro atoms. The number of carbonyl (C=O) groups is 1. The third kappa shape index (κ3) is 2.44. The average Bonchev–Trinajstić information content (AvgIpc) is 3.22. The van der Waals surface area contributed by atoms with Crippen LogP contribution in [-0.4, -0.2) is 34.0 Å². The number of aromatic nitrogens is 1. The summed E-state index contributed by atoms with van der Waals surface area (Å²) in [6, 6.07) is 9.86. The fourth-order valence-corrected chi connectivity index (χ4v) is 4.35. The highest BCUT2D eigenvalue weighted by atomic mass is 16.4. The van der Waals surface area contributed by atoms with Crippen molar-refractivity contribution in [1.29, 1.82) is 0 Å². The highest BCUT2D eigenvalue weighted by Crippen LogP contribution is 2.49. The molecule has 0 amide bonds. The van der Waals surface area contributed by atoms with Gasteiger partial charge in [-0.15, -0.1) is 0 Å². The molecule has 4 rings (SSSR count). The van der Waals surface area contributed by atoms with E-state index in [0.717, 1.165) is 42.8 Å². The number of likely N-dealkylation sites (tertiary alicyclic amines) is 1. The first-order valence-electron chi connectivity index (χ1n) is 8.56. The largest absolute Gasteiger partial charge is 0.481 e. The Morgan fingerprint density at radius 3 is 2.92 bits per heavy atom. The maximum absolute atomic E-state index is 11.8. The lowest BCUT2D eigenvalue weighted by molar-refractivity contribution is -0.149. The summed E-state index contributed by atoms with van der Waals surface area (Å²) in [5, 5.41) is 9.70. The van der Waals surface area contributed by atoms with Gasteiger partial charge in [-0.25, -0.2) is 4.98 Å². The fraction of sp³-hybridized carbons (Fsp3) is 0.474. The number of oxazole rings is 1. The van der Waals surface area contributed by atoms with Gasteiger partial charge in [-0.05, 0) is 37.8 Å². The number of aliphatic carboxylic acids is 1. The van der Waals surface area contributed by atoms with Gasteiger partial charge in [0.05, 0.1) is 11.1 Å². The van der Waals surface area contributed by atoms with Crippen molar-refractivity contribution < 1.29 is 14.3 Å². The van der Waals surface area contributed by atoms with Crippen LogP contribution in [0.5, 0.6) is 0 Å². The second-order valence-electron chi connectivity index (χ2n) is 7.11. The molecule has 2 aromatic rings. The van der Waals surface area contributed by atoms with Crippen LogP contribution >= 0.6 is 0 Å². The van der Waals surface area contributed by atoms with Gasteiger partial charge in [0, 0.05) is 25.2 Å². The summed E-state index contributed by atoms with van der Waals surface area (Å²) in [6.07, 6.45) is 2.86. The molecule has 1 saturated heterocycles. The number of aryl methyl sites for hydroxylation is 1. The fourth-order valence-electron chi connectivity index (χ4n) is 4.35. The van der Waals surface area contributed by atoms with E-state index in [9.17, 15) is 9.90 Å². The van der Waals surface area contributed by atoms with E-state index in [1.165, 1.54) is 0 Å². The van der Waals surface area contributed by atoms with E-state index in [1.54, 1.807) is 0 Å². The first kappa shape index (κ1) is 15.4. The third-order valence-corrected chi connectivity index (χ3v) is 5.65. The standard InChI is InChI=1S/C19H22N2O3/c1-13-16(20-17(24-13)14-6-3-2-4-7-14)11-21-10-15-8-5-9-19(15,12-21)18(22)23/h2-4,6-7,15H,5,8-12H2,1H3,(H,22,23)/t15-,19+/m0/s1. The van der Waals surface area contributed by atoms with Gasteiger partial charge in [0.15, 0.2) is 0 Å². The van der Waals surface area contributed by atoms with Crippen molar-refractivity contribution in [3.05, 3.63) is 41.8 Å². The summed E-state index contributed by atoms with van der Waals surface area (Å²) in [7, 11) is 0. The second kappa shape index (κ2) is 5.74. The number of carboxylic acids is 1. The van der Waals surface area contributed by atoms with Crippen LogP contribution in [0.3, 0.4) is 0 Å². The zero-order chi connectivity index (χ0) is 16.7. The van der Waals surface area contributed by atoms with Gasteiger partial charge in [-0.3, -0.25) is 9.69 Å². The number of rotatable bonds is 4. The number of nitrogens with zero attached hydrogens (tertiary/aromatic N) is 2. The zero-order valence-corrected chi connectivity index (χ0v) is 13.9. The summed E-state index contributed by atoms with van der Waals surface area (Å²) < 4.78 is 5.82. The van der Waals surface area contributed by atoms with Crippen molar-refractivity contribution >= 4 is 5.97 Å². The van der Waals surface area contributed by atoms with Crippen LogP contribution in [0.15, 0.2) is 34.7 Å². The van der Waals surface area contributed by atoms with Gasteiger partial charge in [0.25, 0.3) is 0 Å². The Labute approximate surface area is 141 Å². The third-order valence-electron chi connectivity index (χ3n) is 5.65. The summed E-state index contributed by atoms with van der Waals surface area (Å²) in [5.41, 5.74) is 1.33. The lowest BCUT2D eigenvalue weighted by atomic mass is 9.81. The Morgan fingerprint density at radius 2 is 2.21 bits per heavy atom. The Hall–Kier alpha value is -2.14. The zero-order valence-electron chi connectivity index (χ0n) is 13.9. The topological polar surface area (TPSA) is 66.6 Å². The molecular formula is C19H22N2O3. The minimum absolute atomic E-state index is 0.274. The van der Waals surface area contributed by atoms with Crippen LogP contribution < -0.4 is 0 Å². The SMILES string of the molecule is Cc1oc(-c2ccccc2)nc1CN1C[C@@H]2CCC[C@@]2(C(=O)O)C1. The summed E-state index contributed by atoms with van der Waals surface area (Å²) in [5.74, 6) is 1.09. The number of benzene rings is 1. The van der Waals surface area contributed by atoms with Crippen molar-refractivity contribution in [2.45, 2.75) is 32.7 Å². The molecule has 2 heterocycles. The van der Waals surface area contributed by atoms with Crippen molar-refractivity contribution in [1.82, 2.24) is 9.88 Å². The summed E-state index contributed by atoms with van der Waals surface area (Å²) >= 11 is 0. The predicted molar refractivity (Wildman–Crippen MR) is 89.4 cm³/mol. The molecule has 24 heavy (non-hydrogen) atoms. The maximum Gasteiger partial charge on any atom is 0.311 e. The van der Waals surface area contributed by atoms with Crippen LogP contribution in [0.2, 0.25) is 0 Å². The molecular weight excluding hydrogens is 304 g/mol. The molecule has 126 valence electrons. The van der Waals surface area contributed by atoms with E-state index in [4.69, 9.17) is 4.42 Å². The van der Waals surface area contributed by atoms with Crippen molar-refractivity contribution in [3.63, 3.8) is 0 Å². The maximum atomic E-state index is 11.8. The van der Waals surface area contributed by atoms with E-state index in [0.29, 0.717) is 19.0 Å². The normalized spacial score (nSPS) is 26.6. The molecule has 1 aliphatic carbocycles. The van der Waals surface area contributed by atoms with Crippen molar-refractivity contribution in [3.8, 4) is 11.5 Å². The van der Waals surface area contributed by atoms with Crippen molar-refractivity contribution in [2.75, 3.05) is 13.1 Å². The number of fused-ring (bicyclic) bond motifs is 1. The van der Waals surface area contributed by atoms with Crippen molar-refractivity contribution in [2.24, 2.45) is 11.3 Å². The highest BCUT2D eigenvalue weighted by molar-refractivity contribution is 5.76. The second-order valence-corrected chi connectivity index (χ2v) is 7.11. The van der Waals surface area contributed by atoms with Crippen LogP contribution in [0.1, 0.15) is 30.7 Å². The molecule has 2 atom stereocenters. The van der Waals surface area contributed by atoms with Gasteiger partial charge in [-0.2, -0.15) is 0 Å². The van der Waals surface area contributed by atoms with Gasteiger partial charge < -0.3 is 9.52 Å². The van der Waals surface area contributed by atoms with Crippen LogP contribution in [-0.2, 0) is 11.3 Å². The highest BCUT2D eigenvalue weighted by Gasteiger charge is 2.54. The Morgan fingerprint density at radius 1 is 1.42 bits per heavy atom. The minimum Gasteiger partial charge on any atom is -0.481 e. The quantitative estimate of drug-likeness (QED) is 0.933. The van der Waals surface area contributed by atoms with E-state index in [1.807, 2.05) is 37.3 Å². The van der Waals surface area contributed by atoms with E-state index < -0.39 is 11.4 Å². The van der Waals surface area contributed by atoms with Crippen LogP contribution in [0, 0.1) is 18.3 Å². The number of carboxylic acid groups (broad SMARTS) is 1. The Bertz CT molecular complexity index is 755. The van der Waals surface area contributed by atoms with Crippen LogP contribution in [0.4, 0.5) is 0 Å². The molecule has 1 aromatic carbocycles. The van der Waals surface area contributed by atoms with E-state index in [2.05, 4.69) is 9.88 Å². The molecule has 0 unspecified atom stereocenters. The lowest BCUT2D eigenvalue weighted by Crippen LogP contribution is -2.35. The van der Waals surface area contributed by atoms with Gasteiger partial charge in [0.1, 0.15) is 5.76 Å². The smallest absolute Gasteiger partial charge is 0.311 e. The van der Waals surface area contributed by atoms with E-state index in [-0.39, 0.29) is 5.92 Å². The predicted octanol–water partition coefficient (Wildman–Crippen LogP) is 3.34. The average molecular weight is 326 g/mol. The summed E-state index contributed by atoms with van der Waals surface area (Å²) in [4.78, 5) is 18.7. The van der Waals surface area contributed by atoms with Crippen LogP contribution in [0.25, 0.3) is 11.5 Å². The Balaban J connectivity index is 1.53. The number of hydrogen-bond donors (Lipinski definition) is 1. The molecule has 2 aliphatic rings. The molecule has 1 saturated carbocycles. The molecule has 1 aromatic heterocycles. The molecule has 2 fully saturated rings. The molecule has 5 nitrogen and oxygen atoms in total. The molecule has 1 N–H and O–H groups in total. The Kier molecular flexibility index (Phi) is 3.68. The molecule has 1 aliphatic heterocycles. The first-order valence-corrected chi connectivity index (χ1v) is 8.56. The molecule has 0 radical (unpaired) electrons. The summed E-state index contributed by atoms with van der Waals surface area (Å²) in [6.45, 7) is 4.06. The molecule has 5 heteroatoms. The first-order chi connectivity index (χ1) is 11.6. The van der Waals surface area contributed by atoms with Gasteiger partial charge in [0.2, 0.25) is 5.89 Å². The van der Waals surface area contributed by atoms with Gasteiger partial charge in [-0.1, -0.05) is 24.6 Å². The number of hydrogen-bond acceptors (Lipinski definition) is 4. The van der Waals surface area contributed by atoms with Gasteiger partial charge >= 0.3 is 5.97 Å². The molecule has 0 bridgehead atoms. The minimum atomic E-state index is -0.630.